The summed E-state index contributed by atoms with van der Waals surface area (Å²) in [7, 11) is 0. The van der Waals surface area contributed by atoms with Crippen molar-refractivity contribution < 1.29 is 4.42 Å². The molecule has 0 aliphatic heterocycles. The predicted octanol–water partition coefficient (Wildman–Crippen LogP) is 15.9. The SMILES string of the molecule is CC1(C)c2cc(CCC(c3ccc4c(c3)C(C)(C)c3ccccc3-4)c3ccc4c(c3)C(C)(C)c3ccccc3-4)ccc2-c2ccc(-c3cccc4c3oc3ccccc34)cc21. The Morgan fingerprint density at radius 3 is 1.52 bits per heavy atom. The third-order valence-electron chi connectivity index (χ3n) is 15.2. The van der Waals surface area contributed by atoms with Crippen molar-refractivity contribution in [3.8, 4) is 44.5 Å². The first-order valence-electron chi connectivity index (χ1n) is 22.2. The highest BCUT2D eigenvalue weighted by molar-refractivity contribution is 6.09. The van der Waals surface area contributed by atoms with Gasteiger partial charge in [-0.2, -0.15) is 0 Å². The molecule has 9 aromatic rings. The van der Waals surface area contributed by atoms with Crippen LogP contribution in [0.4, 0.5) is 0 Å². The number of furan rings is 1. The molecule has 61 heavy (non-hydrogen) atoms. The van der Waals surface area contributed by atoms with E-state index < -0.39 is 0 Å². The number of benzene rings is 8. The quantitative estimate of drug-likeness (QED) is 0.164. The second-order valence-electron chi connectivity index (χ2n) is 19.6. The van der Waals surface area contributed by atoms with Crippen LogP contribution in [0.5, 0.6) is 0 Å². The second-order valence-corrected chi connectivity index (χ2v) is 19.6. The number of fused-ring (bicyclic) bond motifs is 12. The summed E-state index contributed by atoms with van der Waals surface area (Å²) in [6.07, 6.45) is 2.02. The molecular weight excluding hydrogens is 737 g/mol. The van der Waals surface area contributed by atoms with Gasteiger partial charge in [-0.15, -0.1) is 0 Å². The molecule has 296 valence electrons. The van der Waals surface area contributed by atoms with E-state index in [1.807, 2.05) is 6.07 Å². The van der Waals surface area contributed by atoms with E-state index in [0.717, 1.165) is 29.6 Å². The first kappa shape index (κ1) is 36.4. The fourth-order valence-electron chi connectivity index (χ4n) is 11.8. The van der Waals surface area contributed by atoms with E-state index in [1.54, 1.807) is 0 Å². The second kappa shape index (κ2) is 12.8. The van der Waals surface area contributed by atoms with Gasteiger partial charge in [0.1, 0.15) is 11.2 Å². The average Bonchev–Trinajstić information content (AvgIpc) is 3.92. The van der Waals surface area contributed by atoms with Crippen LogP contribution in [0.25, 0.3) is 66.4 Å². The highest BCUT2D eigenvalue weighted by atomic mass is 16.3. The normalized spacial score (nSPS) is 15.7. The first-order valence-corrected chi connectivity index (χ1v) is 22.2. The Kier molecular flexibility index (Phi) is 7.63. The van der Waals surface area contributed by atoms with E-state index in [9.17, 15) is 0 Å². The Bertz CT molecular complexity index is 3180. The summed E-state index contributed by atoms with van der Waals surface area (Å²) in [4.78, 5) is 0. The minimum atomic E-state index is -0.140. The van der Waals surface area contributed by atoms with Gasteiger partial charge in [0.2, 0.25) is 0 Å². The summed E-state index contributed by atoms with van der Waals surface area (Å²) in [6, 6.07) is 62.1. The van der Waals surface area contributed by atoms with Crippen molar-refractivity contribution in [2.24, 2.45) is 0 Å². The lowest BCUT2D eigenvalue weighted by Gasteiger charge is -2.26. The maximum absolute atomic E-state index is 6.49. The molecular formula is C60H50O. The van der Waals surface area contributed by atoms with Gasteiger partial charge in [-0.3, -0.25) is 0 Å². The van der Waals surface area contributed by atoms with Crippen LogP contribution in [0.3, 0.4) is 0 Å². The van der Waals surface area contributed by atoms with Crippen LogP contribution in [0, 0.1) is 0 Å². The fourth-order valence-corrected chi connectivity index (χ4v) is 11.8. The highest BCUT2D eigenvalue weighted by Crippen LogP contribution is 2.53. The van der Waals surface area contributed by atoms with Crippen LogP contribution >= 0.6 is 0 Å². The molecule has 3 aliphatic rings. The molecule has 0 atom stereocenters. The smallest absolute Gasteiger partial charge is 0.143 e. The molecule has 0 radical (unpaired) electrons. The predicted molar refractivity (Wildman–Crippen MR) is 255 cm³/mol. The van der Waals surface area contributed by atoms with Gasteiger partial charge in [-0.25, -0.2) is 0 Å². The largest absolute Gasteiger partial charge is 0.455 e. The van der Waals surface area contributed by atoms with Crippen molar-refractivity contribution in [2.75, 3.05) is 0 Å². The molecule has 1 nitrogen and oxygen atoms in total. The van der Waals surface area contributed by atoms with Crippen molar-refractivity contribution in [1.29, 1.82) is 0 Å². The lowest BCUT2D eigenvalue weighted by molar-refractivity contribution is 0.647. The number of hydrogen-bond acceptors (Lipinski definition) is 1. The number of rotatable bonds is 6. The highest BCUT2D eigenvalue weighted by Gasteiger charge is 2.39. The maximum atomic E-state index is 6.49. The van der Waals surface area contributed by atoms with Crippen molar-refractivity contribution in [3.05, 3.63) is 214 Å². The van der Waals surface area contributed by atoms with Crippen LogP contribution in [0.15, 0.2) is 168 Å². The van der Waals surface area contributed by atoms with E-state index in [0.29, 0.717) is 0 Å². The molecule has 0 saturated heterocycles. The zero-order valence-electron chi connectivity index (χ0n) is 36.0. The molecule has 0 fully saturated rings. The summed E-state index contributed by atoms with van der Waals surface area (Å²) in [6.45, 7) is 14.4. The van der Waals surface area contributed by atoms with Gasteiger partial charge in [0.15, 0.2) is 0 Å². The van der Waals surface area contributed by atoms with Gasteiger partial charge >= 0.3 is 0 Å². The topological polar surface area (TPSA) is 13.1 Å². The van der Waals surface area contributed by atoms with E-state index in [2.05, 4.69) is 199 Å². The Morgan fingerprint density at radius 1 is 0.393 bits per heavy atom. The minimum absolute atomic E-state index is 0.0485. The lowest BCUT2D eigenvalue weighted by Crippen LogP contribution is -2.17. The minimum Gasteiger partial charge on any atom is -0.455 e. The molecule has 8 aromatic carbocycles. The van der Waals surface area contributed by atoms with Crippen molar-refractivity contribution in [3.63, 3.8) is 0 Å². The van der Waals surface area contributed by atoms with Gasteiger partial charge in [-0.1, -0.05) is 193 Å². The number of aryl methyl sites for hydroxylation is 1. The molecule has 1 heteroatoms. The van der Waals surface area contributed by atoms with Crippen LogP contribution in [0.2, 0.25) is 0 Å². The molecule has 1 aromatic heterocycles. The Balaban J connectivity index is 0.907. The van der Waals surface area contributed by atoms with Gasteiger partial charge in [0.25, 0.3) is 0 Å². The monoisotopic (exact) mass is 786 g/mol. The van der Waals surface area contributed by atoms with Crippen LogP contribution in [0.1, 0.15) is 104 Å². The molecule has 0 saturated carbocycles. The van der Waals surface area contributed by atoms with E-state index in [-0.39, 0.29) is 22.2 Å². The molecule has 0 bridgehead atoms. The van der Waals surface area contributed by atoms with Crippen molar-refractivity contribution in [1.82, 2.24) is 0 Å². The van der Waals surface area contributed by atoms with Crippen molar-refractivity contribution >= 4 is 21.9 Å². The Morgan fingerprint density at radius 2 is 0.869 bits per heavy atom. The van der Waals surface area contributed by atoms with E-state index in [1.165, 1.54) is 99.8 Å². The van der Waals surface area contributed by atoms with Crippen LogP contribution in [-0.2, 0) is 22.7 Å². The summed E-state index contributed by atoms with van der Waals surface area (Å²) in [5.41, 5.74) is 25.0. The third kappa shape index (κ3) is 5.19. The third-order valence-corrected chi connectivity index (χ3v) is 15.2. The Hall–Kier alpha value is -6.44. The van der Waals surface area contributed by atoms with Gasteiger partial charge < -0.3 is 4.42 Å². The van der Waals surface area contributed by atoms with Gasteiger partial charge in [0.05, 0.1) is 0 Å². The van der Waals surface area contributed by atoms with Crippen molar-refractivity contribution in [2.45, 2.75) is 76.5 Å². The standard InChI is InChI=1S/C60H50O/c1-58(2)50-19-10-7-14-42(50)45-29-24-37(33-53(45)58)40(38-25-30-46-43-15-8-11-20-51(43)59(3,4)54(46)34-38)27-22-36-23-28-44-47-31-26-39(35-55(47)60(5,6)52(44)32-36)41-17-13-18-49-48-16-9-12-21-56(48)61-57(41)49/h7-21,23-26,28-35,40H,22,27H2,1-6H3. The molecule has 3 aliphatic carbocycles. The number of para-hydroxylation sites is 2. The molecule has 0 amide bonds. The Labute approximate surface area is 359 Å². The summed E-state index contributed by atoms with van der Waals surface area (Å²) in [5.74, 6) is 0.247. The van der Waals surface area contributed by atoms with E-state index >= 15 is 0 Å². The molecule has 0 spiro atoms. The maximum Gasteiger partial charge on any atom is 0.143 e. The molecule has 12 rings (SSSR count). The zero-order valence-corrected chi connectivity index (χ0v) is 36.0. The zero-order chi connectivity index (χ0) is 41.4. The summed E-state index contributed by atoms with van der Waals surface area (Å²) >= 11 is 0. The summed E-state index contributed by atoms with van der Waals surface area (Å²) < 4.78 is 6.49. The summed E-state index contributed by atoms with van der Waals surface area (Å²) in [5, 5.41) is 2.33. The number of hydrogen-bond donors (Lipinski definition) is 0. The van der Waals surface area contributed by atoms with Gasteiger partial charge in [-0.05, 0) is 114 Å². The fraction of sp³-hybridized carbons (Fsp3) is 0.200. The molecule has 0 unspecified atom stereocenters. The van der Waals surface area contributed by atoms with Crippen LogP contribution < -0.4 is 0 Å². The molecule has 0 N–H and O–H groups in total. The van der Waals surface area contributed by atoms with Crippen LogP contribution in [-0.4, -0.2) is 0 Å². The first-order chi connectivity index (χ1) is 29.5. The lowest BCUT2D eigenvalue weighted by atomic mass is 9.77. The van der Waals surface area contributed by atoms with E-state index in [4.69, 9.17) is 4.42 Å². The average molecular weight is 787 g/mol. The van der Waals surface area contributed by atoms with Gasteiger partial charge in [0, 0.05) is 38.5 Å². The molecule has 1 heterocycles.